The number of carbonyl (C=O) groups is 1. The van der Waals surface area contributed by atoms with E-state index in [9.17, 15) is 4.79 Å². The topological polar surface area (TPSA) is 45.3 Å². The summed E-state index contributed by atoms with van der Waals surface area (Å²) in [7, 11) is 1.65. The third-order valence-corrected chi connectivity index (χ3v) is 4.61. The summed E-state index contributed by atoms with van der Waals surface area (Å²) in [5.41, 5.74) is 2.48. The zero-order chi connectivity index (χ0) is 18.4. The Balaban J connectivity index is 1.86. The van der Waals surface area contributed by atoms with Crippen molar-refractivity contribution in [1.29, 1.82) is 0 Å². The molecule has 0 unspecified atom stereocenters. The zero-order valence-corrected chi connectivity index (χ0v) is 15.5. The van der Waals surface area contributed by atoms with Gasteiger partial charge in [0, 0.05) is 23.1 Å². The highest BCUT2D eigenvalue weighted by atomic mass is 16.5. The van der Waals surface area contributed by atoms with Gasteiger partial charge in [-0.3, -0.25) is 4.79 Å². The number of ether oxygens (including phenoxy) is 1. The Morgan fingerprint density at radius 3 is 2.58 bits per heavy atom. The standard InChI is InChI=1S/C22H26N2O2/c1-3-4-5-9-14-24(18-10-7-6-8-11-18)22(25)21-16-17-15-19(26-2)12-13-20(17)23-21/h6-8,10-13,15-16,23H,3-5,9,14H2,1-2H3. The van der Waals surface area contributed by atoms with Gasteiger partial charge in [-0.25, -0.2) is 0 Å². The number of benzene rings is 2. The molecule has 0 saturated heterocycles. The summed E-state index contributed by atoms with van der Waals surface area (Å²) in [5.74, 6) is 0.790. The lowest BCUT2D eigenvalue weighted by Gasteiger charge is -2.22. The van der Waals surface area contributed by atoms with E-state index in [0.29, 0.717) is 5.69 Å². The van der Waals surface area contributed by atoms with Crippen molar-refractivity contribution in [2.45, 2.75) is 32.6 Å². The lowest BCUT2D eigenvalue weighted by Crippen LogP contribution is -2.32. The van der Waals surface area contributed by atoms with Crippen LogP contribution >= 0.6 is 0 Å². The minimum absolute atomic E-state index is 0.00265. The first-order valence-corrected chi connectivity index (χ1v) is 9.26. The number of aromatic nitrogens is 1. The highest BCUT2D eigenvalue weighted by molar-refractivity contribution is 6.07. The number of aromatic amines is 1. The molecule has 0 atom stereocenters. The van der Waals surface area contributed by atoms with Crippen LogP contribution < -0.4 is 9.64 Å². The maximum atomic E-state index is 13.2. The number of rotatable bonds is 8. The van der Waals surface area contributed by atoms with Crippen LogP contribution in [0.5, 0.6) is 5.75 Å². The number of H-pyrrole nitrogens is 1. The summed E-state index contributed by atoms with van der Waals surface area (Å²) in [6.07, 6.45) is 4.52. The first-order chi connectivity index (χ1) is 12.7. The molecule has 2 aromatic carbocycles. The summed E-state index contributed by atoms with van der Waals surface area (Å²) in [5, 5.41) is 0.978. The zero-order valence-electron chi connectivity index (χ0n) is 15.5. The first-order valence-electron chi connectivity index (χ1n) is 9.26. The third kappa shape index (κ3) is 4.07. The van der Waals surface area contributed by atoms with Crippen molar-refractivity contribution in [3.8, 4) is 5.75 Å². The summed E-state index contributed by atoms with van der Waals surface area (Å²) >= 11 is 0. The fraction of sp³-hybridized carbons (Fsp3) is 0.318. The summed E-state index contributed by atoms with van der Waals surface area (Å²) in [4.78, 5) is 18.3. The fourth-order valence-corrected chi connectivity index (χ4v) is 3.15. The second kappa shape index (κ2) is 8.56. The quantitative estimate of drug-likeness (QED) is 0.553. The normalized spacial score (nSPS) is 10.8. The number of para-hydroxylation sites is 1. The molecule has 3 aromatic rings. The molecule has 0 spiro atoms. The molecule has 0 aliphatic carbocycles. The monoisotopic (exact) mass is 350 g/mol. The van der Waals surface area contributed by atoms with Crippen molar-refractivity contribution in [3.63, 3.8) is 0 Å². The Labute approximate surface area is 154 Å². The molecular weight excluding hydrogens is 324 g/mol. The van der Waals surface area contributed by atoms with Gasteiger partial charge < -0.3 is 14.6 Å². The fourth-order valence-electron chi connectivity index (χ4n) is 3.15. The maximum absolute atomic E-state index is 13.2. The molecule has 0 fully saturated rings. The average molecular weight is 350 g/mol. The van der Waals surface area contributed by atoms with Gasteiger partial charge in [0.1, 0.15) is 11.4 Å². The van der Waals surface area contributed by atoms with Crippen molar-refractivity contribution in [2.24, 2.45) is 0 Å². The molecule has 26 heavy (non-hydrogen) atoms. The van der Waals surface area contributed by atoms with Crippen LogP contribution in [0, 0.1) is 0 Å². The van der Waals surface area contributed by atoms with E-state index in [2.05, 4.69) is 11.9 Å². The Bertz CT molecular complexity index is 855. The molecule has 0 aliphatic rings. The van der Waals surface area contributed by atoms with Crippen molar-refractivity contribution < 1.29 is 9.53 Å². The molecule has 4 heteroatoms. The van der Waals surface area contributed by atoms with Crippen LogP contribution in [0.1, 0.15) is 43.1 Å². The van der Waals surface area contributed by atoms with E-state index in [1.54, 1.807) is 7.11 Å². The molecule has 136 valence electrons. The van der Waals surface area contributed by atoms with Crippen LogP contribution in [0.4, 0.5) is 5.69 Å². The molecule has 0 bridgehead atoms. The van der Waals surface area contributed by atoms with Gasteiger partial charge in [-0.15, -0.1) is 0 Å². The van der Waals surface area contributed by atoms with Crippen LogP contribution in [0.2, 0.25) is 0 Å². The lowest BCUT2D eigenvalue weighted by molar-refractivity contribution is 0.0982. The molecule has 1 N–H and O–H groups in total. The highest BCUT2D eigenvalue weighted by Gasteiger charge is 2.19. The van der Waals surface area contributed by atoms with Crippen LogP contribution in [0.3, 0.4) is 0 Å². The average Bonchev–Trinajstić information content (AvgIpc) is 3.11. The van der Waals surface area contributed by atoms with E-state index in [4.69, 9.17) is 4.74 Å². The molecule has 4 nitrogen and oxygen atoms in total. The van der Waals surface area contributed by atoms with E-state index >= 15 is 0 Å². The molecule has 1 aromatic heterocycles. The number of hydrogen-bond acceptors (Lipinski definition) is 2. The SMILES string of the molecule is CCCCCCN(C(=O)c1cc2cc(OC)ccc2[nH]1)c1ccccc1. The maximum Gasteiger partial charge on any atom is 0.274 e. The number of hydrogen-bond donors (Lipinski definition) is 1. The number of methoxy groups -OCH3 is 1. The van der Waals surface area contributed by atoms with Gasteiger partial charge in [0.15, 0.2) is 0 Å². The Morgan fingerprint density at radius 2 is 1.85 bits per heavy atom. The molecule has 0 saturated carbocycles. The van der Waals surface area contributed by atoms with Gasteiger partial charge >= 0.3 is 0 Å². The predicted molar refractivity (Wildman–Crippen MR) is 107 cm³/mol. The first kappa shape index (κ1) is 18.1. The number of nitrogens with one attached hydrogen (secondary N) is 1. The van der Waals surface area contributed by atoms with Crippen molar-refractivity contribution in [1.82, 2.24) is 4.98 Å². The predicted octanol–water partition coefficient (Wildman–Crippen LogP) is 5.40. The Kier molecular flexibility index (Phi) is 5.95. The Hall–Kier alpha value is -2.75. The van der Waals surface area contributed by atoms with E-state index in [0.717, 1.165) is 41.7 Å². The molecule has 1 heterocycles. The lowest BCUT2D eigenvalue weighted by atomic mass is 10.1. The molecule has 0 aliphatic heterocycles. The van der Waals surface area contributed by atoms with E-state index in [1.807, 2.05) is 59.5 Å². The number of carbonyl (C=O) groups excluding carboxylic acids is 1. The van der Waals surface area contributed by atoms with Gasteiger partial charge in [-0.1, -0.05) is 44.4 Å². The number of anilines is 1. The van der Waals surface area contributed by atoms with Gasteiger partial charge in [-0.2, -0.15) is 0 Å². The van der Waals surface area contributed by atoms with Crippen LogP contribution in [0.15, 0.2) is 54.6 Å². The van der Waals surface area contributed by atoms with Gasteiger partial charge in [0.25, 0.3) is 5.91 Å². The second-order valence-corrected chi connectivity index (χ2v) is 6.49. The van der Waals surface area contributed by atoms with E-state index < -0.39 is 0 Å². The van der Waals surface area contributed by atoms with Crippen LogP contribution in [0.25, 0.3) is 10.9 Å². The minimum atomic E-state index is 0.00265. The van der Waals surface area contributed by atoms with Gasteiger partial charge in [-0.05, 0) is 42.8 Å². The summed E-state index contributed by atoms with van der Waals surface area (Å²) in [6.45, 7) is 2.92. The smallest absolute Gasteiger partial charge is 0.274 e. The number of amides is 1. The van der Waals surface area contributed by atoms with Gasteiger partial charge in [0.2, 0.25) is 0 Å². The minimum Gasteiger partial charge on any atom is -0.497 e. The van der Waals surface area contributed by atoms with Crippen LogP contribution in [-0.2, 0) is 0 Å². The molecule has 0 radical (unpaired) electrons. The highest BCUT2D eigenvalue weighted by Crippen LogP contribution is 2.24. The third-order valence-electron chi connectivity index (χ3n) is 4.61. The van der Waals surface area contributed by atoms with Crippen molar-refractivity contribution in [2.75, 3.05) is 18.6 Å². The molecule has 3 rings (SSSR count). The summed E-state index contributed by atoms with van der Waals surface area (Å²) in [6, 6.07) is 17.6. The van der Waals surface area contributed by atoms with E-state index in [1.165, 1.54) is 12.8 Å². The Morgan fingerprint density at radius 1 is 1.04 bits per heavy atom. The number of unbranched alkanes of at least 4 members (excludes halogenated alkanes) is 3. The largest absolute Gasteiger partial charge is 0.497 e. The number of nitrogens with zero attached hydrogens (tertiary/aromatic N) is 1. The van der Waals surface area contributed by atoms with E-state index in [-0.39, 0.29) is 5.91 Å². The van der Waals surface area contributed by atoms with Crippen molar-refractivity contribution in [3.05, 3.63) is 60.3 Å². The summed E-state index contributed by atoms with van der Waals surface area (Å²) < 4.78 is 5.28. The molecular formula is C22H26N2O2. The second-order valence-electron chi connectivity index (χ2n) is 6.49. The molecule has 1 amide bonds. The van der Waals surface area contributed by atoms with Crippen molar-refractivity contribution >= 4 is 22.5 Å². The van der Waals surface area contributed by atoms with Gasteiger partial charge in [0.05, 0.1) is 7.11 Å². The van der Waals surface area contributed by atoms with Crippen LogP contribution in [-0.4, -0.2) is 24.5 Å². The number of fused-ring (bicyclic) bond motifs is 1.